The lowest BCUT2D eigenvalue weighted by molar-refractivity contribution is 0.610. The highest BCUT2D eigenvalue weighted by Gasteiger charge is 2.27. The maximum Gasteiger partial charge on any atom is 0.0697 e. The van der Waals surface area contributed by atoms with Crippen molar-refractivity contribution in [1.29, 1.82) is 0 Å². The SMILES string of the molecule is CN1CCN(C(CN)c2cnn(C)c2)c2ccccc21. The molecule has 0 fully saturated rings. The third kappa shape index (κ3) is 2.14. The molecule has 0 spiro atoms. The van der Waals surface area contributed by atoms with Crippen molar-refractivity contribution in [3.8, 4) is 0 Å². The molecule has 106 valence electrons. The number of nitrogens with two attached hydrogens (primary N) is 1. The summed E-state index contributed by atoms with van der Waals surface area (Å²) in [6.45, 7) is 2.57. The number of anilines is 2. The highest BCUT2D eigenvalue weighted by Crippen LogP contribution is 2.36. The fourth-order valence-electron chi connectivity index (χ4n) is 2.91. The molecular formula is C15H21N5. The third-order valence-corrected chi connectivity index (χ3v) is 3.99. The number of aryl methyl sites for hydroxylation is 1. The topological polar surface area (TPSA) is 50.3 Å². The average Bonchev–Trinajstić information content (AvgIpc) is 2.89. The van der Waals surface area contributed by atoms with Gasteiger partial charge in [-0.2, -0.15) is 5.10 Å². The molecule has 5 nitrogen and oxygen atoms in total. The normalized spacial score (nSPS) is 16.1. The van der Waals surface area contributed by atoms with Gasteiger partial charge in [0.1, 0.15) is 0 Å². The van der Waals surface area contributed by atoms with E-state index in [-0.39, 0.29) is 6.04 Å². The lowest BCUT2D eigenvalue weighted by atomic mass is 10.1. The Bertz CT molecular complexity index is 591. The minimum Gasteiger partial charge on any atom is -0.371 e. The van der Waals surface area contributed by atoms with Gasteiger partial charge in [-0.15, -0.1) is 0 Å². The molecule has 1 atom stereocenters. The molecule has 1 aliphatic heterocycles. The summed E-state index contributed by atoms with van der Waals surface area (Å²) in [5, 5.41) is 4.28. The van der Waals surface area contributed by atoms with Gasteiger partial charge in [0.15, 0.2) is 0 Å². The Morgan fingerprint density at radius 2 is 1.95 bits per heavy atom. The summed E-state index contributed by atoms with van der Waals surface area (Å²) in [5.74, 6) is 0. The largest absolute Gasteiger partial charge is 0.371 e. The molecule has 0 bridgehead atoms. The van der Waals surface area contributed by atoms with Gasteiger partial charge in [0.05, 0.1) is 23.6 Å². The Kier molecular flexibility index (Phi) is 3.36. The summed E-state index contributed by atoms with van der Waals surface area (Å²) in [6, 6.07) is 8.68. The van der Waals surface area contributed by atoms with Gasteiger partial charge in [-0.3, -0.25) is 4.68 Å². The fourth-order valence-corrected chi connectivity index (χ4v) is 2.91. The van der Waals surface area contributed by atoms with E-state index >= 15 is 0 Å². The van der Waals surface area contributed by atoms with Crippen LogP contribution in [0.4, 0.5) is 11.4 Å². The van der Waals surface area contributed by atoms with Gasteiger partial charge in [0.2, 0.25) is 0 Å². The van der Waals surface area contributed by atoms with Gasteiger partial charge in [-0.05, 0) is 12.1 Å². The standard InChI is InChI=1S/C15H21N5/c1-18-7-8-20(14-6-4-3-5-13(14)18)15(9-16)12-10-17-19(2)11-12/h3-6,10-11,15H,7-9,16H2,1-2H3. The smallest absolute Gasteiger partial charge is 0.0697 e. The van der Waals surface area contributed by atoms with Crippen LogP contribution in [0.3, 0.4) is 0 Å². The molecule has 0 aliphatic carbocycles. The van der Waals surface area contributed by atoms with Gasteiger partial charge in [0, 0.05) is 45.5 Å². The molecule has 2 heterocycles. The number of nitrogens with zero attached hydrogens (tertiary/aromatic N) is 4. The van der Waals surface area contributed by atoms with Crippen LogP contribution in [-0.4, -0.2) is 36.5 Å². The first-order valence-electron chi connectivity index (χ1n) is 6.96. The van der Waals surface area contributed by atoms with E-state index in [2.05, 4.69) is 52.4 Å². The van der Waals surface area contributed by atoms with Crippen LogP contribution in [0.5, 0.6) is 0 Å². The Morgan fingerprint density at radius 3 is 2.60 bits per heavy atom. The van der Waals surface area contributed by atoms with Crippen LogP contribution in [0.25, 0.3) is 0 Å². The van der Waals surface area contributed by atoms with Gasteiger partial charge in [-0.1, -0.05) is 12.1 Å². The quantitative estimate of drug-likeness (QED) is 0.916. The van der Waals surface area contributed by atoms with Crippen LogP contribution >= 0.6 is 0 Å². The maximum atomic E-state index is 6.04. The van der Waals surface area contributed by atoms with Gasteiger partial charge >= 0.3 is 0 Å². The second-order valence-corrected chi connectivity index (χ2v) is 5.30. The molecule has 2 N–H and O–H groups in total. The molecule has 1 unspecified atom stereocenters. The van der Waals surface area contributed by atoms with E-state index in [1.54, 1.807) is 0 Å². The number of rotatable bonds is 3. The third-order valence-electron chi connectivity index (χ3n) is 3.99. The van der Waals surface area contributed by atoms with Crippen LogP contribution in [0.1, 0.15) is 11.6 Å². The van der Waals surface area contributed by atoms with Crippen LogP contribution in [0.2, 0.25) is 0 Å². The first-order chi connectivity index (χ1) is 9.70. The van der Waals surface area contributed by atoms with Crippen molar-refractivity contribution in [3.05, 3.63) is 42.2 Å². The summed E-state index contributed by atoms with van der Waals surface area (Å²) < 4.78 is 1.83. The summed E-state index contributed by atoms with van der Waals surface area (Å²) in [6.07, 6.45) is 3.97. The lowest BCUT2D eigenvalue weighted by Gasteiger charge is -2.41. The Balaban J connectivity index is 1.99. The second kappa shape index (κ2) is 5.17. The number of aromatic nitrogens is 2. The van der Waals surface area contributed by atoms with Crippen LogP contribution in [0, 0.1) is 0 Å². The molecule has 3 rings (SSSR count). The molecule has 5 heteroatoms. The average molecular weight is 271 g/mol. The van der Waals surface area contributed by atoms with Gasteiger partial charge < -0.3 is 15.5 Å². The molecule has 20 heavy (non-hydrogen) atoms. The van der Waals surface area contributed by atoms with E-state index in [0.29, 0.717) is 6.54 Å². The number of likely N-dealkylation sites (N-methyl/N-ethyl adjacent to an activating group) is 1. The molecule has 0 saturated heterocycles. The van der Waals surface area contributed by atoms with Gasteiger partial charge in [0.25, 0.3) is 0 Å². The van der Waals surface area contributed by atoms with Crippen molar-refractivity contribution in [2.45, 2.75) is 6.04 Å². The number of para-hydroxylation sites is 2. The second-order valence-electron chi connectivity index (χ2n) is 5.30. The van der Waals surface area contributed by atoms with E-state index < -0.39 is 0 Å². The number of benzene rings is 1. The van der Waals surface area contributed by atoms with Crippen molar-refractivity contribution >= 4 is 11.4 Å². The molecule has 1 aromatic heterocycles. The molecule has 0 radical (unpaired) electrons. The lowest BCUT2D eigenvalue weighted by Crippen LogP contribution is -2.43. The van der Waals surface area contributed by atoms with Crippen molar-refractivity contribution < 1.29 is 0 Å². The number of hydrogen-bond donors (Lipinski definition) is 1. The van der Waals surface area contributed by atoms with Crippen LogP contribution in [-0.2, 0) is 7.05 Å². The van der Waals surface area contributed by atoms with Crippen LogP contribution < -0.4 is 15.5 Å². The van der Waals surface area contributed by atoms with E-state index in [4.69, 9.17) is 5.73 Å². The minimum atomic E-state index is 0.179. The number of fused-ring (bicyclic) bond motifs is 1. The first kappa shape index (κ1) is 13.0. The van der Waals surface area contributed by atoms with Crippen molar-refractivity contribution in [2.24, 2.45) is 12.8 Å². The molecule has 1 aromatic carbocycles. The summed E-state index contributed by atoms with van der Waals surface area (Å²) in [5.41, 5.74) is 9.74. The fraction of sp³-hybridized carbons (Fsp3) is 0.400. The zero-order chi connectivity index (χ0) is 14.1. The summed E-state index contributed by atoms with van der Waals surface area (Å²) >= 11 is 0. The van der Waals surface area contributed by atoms with E-state index in [1.165, 1.54) is 16.9 Å². The van der Waals surface area contributed by atoms with Crippen molar-refractivity contribution in [3.63, 3.8) is 0 Å². The van der Waals surface area contributed by atoms with E-state index in [1.807, 2.05) is 17.9 Å². The Hall–Kier alpha value is -2.01. The minimum absolute atomic E-state index is 0.179. The first-order valence-corrected chi connectivity index (χ1v) is 6.96. The highest BCUT2D eigenvalue weighted by molar-refractivity contribution is 5.73. The van der Waals surface area contributed by atoms with Crippen LogP contribution in [0.15, 0.2) is 36.7 Å². The monoisotopic (exact) mass is 271 g/mol. The summed E-state index contributed by atoms with van der Waals surface area (Å²) in [7, 11) is 4.08. The van der Waals surface area contributed by atoms with E-state index in [9.17, 15) is 0 Å². The molecule has 0 saturated carbocycles. The maximum absolute atomic E-state index is 6.04. The number of hydrogen-bond acceptors (Lipinski definition) is 4. The predicted octanol–water partition coefficient (Wildman–Crippen LogP) is 1.38. The summed E-state index contributed by atoms with van der Waals surface area (Å²) in [4.78, 5) is 4.69. The molecule has 0 amide bonds. The van der Waals surface area contributed by atoms with E-state index in [0.717, 1.165) is 13.1 Å². The zero-order valence-electron chi connectivity index (χ0n) is 12.0. The predicted molar refractivity (Wildman–Crippen MR) is 82.1 cm³/mol. The molecule has 1 aliphatic rings. The Morgan fingerprint density at radius 1 is 1.20 bits per heavy atom. The molecule has 2 aromatic rings. The van der Waals surface area contributed by atoms with Crippen molar-refractivity contribution in [2.75, 3.05) is 36.5 Å². The van der Waals surface area contributed by atoms with Crippen molar-refractivity contribution in [1.82, 2.24) is 9.78 Å². The zero-order valence-corrected chi connectivity index (χ0v) is 12.0. The van der Waals surface area contributed by atoms with Gasteiger partial charge in [-0.25, -0.2) is 0 Å². The highest BCUT2D eigenvalue weighted by atomic mass is 15.3. The molecular weight excluding hydrogens is 250 g/mol. The Labute approximate surface area is 119 Å².